The van der Waals surface area contributed by atoms with Gasteiger partial charge in [-0.1, -0.05) is 29.8 Å². The molecule has 2 aromatic rings. The molecular weight excluding hydrogens is 424 g/mol. The van der Waals surface area contributed by atoms with Crippen LogP contribution in [-0.2, 0) is 4.79 Å². The van der Waals surface area contributed by atoms with E-state index in [2.05, 4.69) is 42.4 Å². The Balaban J connectivity index is 1.87. The van der Waals surface area contributed by atoms with E-state index in [1.807, 2.05) is 50.2 Å². The molecule has 0 fully saturated rings. The average Bonchev–Trinajstić information content (AvgIpc) is 2.48. The molecule has 4 nitrogen and oxygen atoms in total. The van der Waals surface area contributed by atoms with E-state index < -0.39 is 0 Å². The van der Waals surface area contributed by atoms with Crippen LogP contribution in [0.4, 0.5) is 0 Å². The van der Waals surface area contributed by atoms with Crippen molar-refractivity contribution < 1.29 is 9.53 Å². The summed E-state index contributed by atoms with van der Waals surface area (Å²) in [6, 6.07) is 11.7. The van der Waals surface area contributed by atoms with Gasteiger partial charge in [0.15, 0.2) is 6.61 Å². The third-order valence-corrected chi connectivity index (χ3v) is 4.15. The molecule has 0 spiro atoms. The van der Waals surface area contributed by atoms with Crippen molar-refractivity contribution in [1.29, 1.82) is 0 Å². The van der Waals surface area contributed by atoms with Crippen LogP contribution in [0.15, 0.2) is 50.4 Å². The van der Waals surface area contributed by atoms with Crippen LogP contribution in [0.2, 0.25) is 0 Å². The normalized spacial score (nSPS) is 10.8. The topological polar surface area (TPSA) is 50.7 Å². The Labute approximate surface area is 152 Å². The van der Waals surface area contributed by atoms with Crippen molar-refractivity contribution in [2.75, 3.05) is 6.61 Å². The minimum absolute atomic E-state index is 0.120. The first kappa shape index (κ1) is 17.7. The van der Waals surface area contributed by atoms with Crippen LogP contribution >= 0.6 is 31.9 Å². The smallest absolute Gasteiger partial charge is 0.277 e. The molecule has 0 saturated carbocycles. The molecule has 23 heavy (non-hydrogen) atoms. The Bertz CT molecular complexity index is 705. The second-order valence-corrected chi connectivity index (χ2v) is 6.76. The molecule has 120 valence electrons. The third kappa shape index (κ3) is 5.48. The van der Waals surface area contributed by atoms with Gasteiger partial charge in [-0.25, -0.2) is 5.43 Å². The molecule has 0 aliphatic rings. The predicted octanol–water partition coefficient (Wildman–Crippen LogP) is 4.36. The Hall–Kier alpha value is -1.66. The van der Waals surface area contributed by atoms with Gasteiger partial charge in [0.1, 0.15) is 5.75 Å². The van der Waals surface area contributed by atoms with E-state index in [4.69, 9.17) is 4.74 Å². The van der Waals surface area contributed by atoms with Gasteiger partial charge < -0.3 is 4.74 Å². The van der Waals surface area contributed by atoms with Crippen molar-refractivity contribution in [3.63, 3.8) is 0 Å². The standard InChI is InChI=1S/C17H16Br2N2O2/c1-11-3-5-13(6-4-11)9-20-21-16(22)10-23-17-14(18)7-12(2)8-15(17)19/h3-9H,10H2,1-2H3,(H,21,22)/b20-9+. The van der Waals surface area contributed by atoms with Gasteiger partial charge in [-0.15, -0.1) is 0 Å². The molecule has 2 rings (SSSR count). The van der Waals surface area contributed by atoms with Crippen molar-refractivity contribution in [2.24, 2.45) is 5.10 Å². The first-order chi connectivity index (χ1) is 11.0. The third-order valence-electron chi connectivity index (χ3n) is 2.97. The fraction of sp³-hybridized carbons (Fsp3) is 0.176. The van der Waals surface area contributed by atoms with Crippen molar-refractivity contribution in [2.45, 2.75) is 13.8 Å². The maximum Gasteiger partial charge on any atom is 0.277 e. The van der Waals surface area contributed by atoms with Crippen molar-refractivity contribution >= 4 is 44.0 Å². The van der Waals surface area contributed by atoms with Crippen LogP contribution in [0.25, 0.3) is 0 Å². The summed E-state index contributed by atoms with van der Waals surface area (Å²) in [7, 11) is 0. The molecule has 0 bridgehead atoms. The SMILES string of the molecule is Cc1ccc(/C=N/NC(=O)COc2c(Br)cc(C)cc2Br)cc1. The van der Waals surface area contributed by atoms with Gasteiger partial charge in [-0.05, 0) is 69.0 Å². The summed E-state index contributed by atoms with van der Waals surface area (Å²) in [5.41, 5.74) is 5.62. The fourth-order valence-corrected chi connectivity index (χ4v) is 3.47. The van der Waals surface area contributed by atoms with E-state index >= 15 is 0 Å². The number of hydrogen-bond donors (Lipinski definition) is 1. The highest BCUT2D eigenvalue weighted by Gasteiger charge is 2.09. The maximum absolute atomic E-state index is 11.8. The largest absolute Gasteiger partial charge is 0.481 e. The maximum atomic E-state index is 11.8. The molecule has 0 heterocycles. The Morgan fingerprint density at radius 3 is 2.35 bits per heavy atom. The van der Waals surface area contributed by atoms with E-state index in [-0.39, 0.29) is 12.5 Å². The van der Waals surface area contributed by atoms with Gasteiger partial charge in [-0.3, -0.25) is 4.79 Å². The van der Waals surface area contributed by atoms with E-state index in [0.717, 1.165) is 20.1 Å². The molecule has 0 aliphatic carbocycles. The monoisotopic (exact) mass is 438 g/mol. The number of amides is 1. The van der Waals surface area contributed by atoms with Gasteiger partial charge in [0.25, 0.3) is 5.91 Å². The number of ether oxygens (including phenoxy) is 1. The number of hydrazone groups is 1. The molecule has 0 aliphatic heterocycles. The molecule has 1 amide bonds. The second kappa shape index (κ2) is 8.26. The second-order valence-electron chi connectivity index (χ2n) is 5.05. The predicted molar refractivity (Wildman–Crippen MR) is 99.0 cm³/mol. The lowest BCUT2D eigenvalue weighted by Crippen LogP contribution is -2.24. The van der Waals surface area contributed by atoms with Crippen LogP contribution in [0, 0.1) is 13.8 Å². The van der Waals surface area contributed by atoms with Crippen LogP contribution in [-0.4, -0.2) is 18.7 Å². The molecular formula is C17H16Br2N2O2. The van der Waals surface area contributed by atoms with Crippen LogP contribution in [0.3, 0.4) is 0 Å². The summed E-state index contributed by atoms with van der Waals surface area (Å²) < 4.78 is 7.11. The summed E-state index contributed by atoms with van der Waals surface area (Å²) in [6.45, 7) is 3.87. The number of carbonyl (C=O) groups is 1. The Morgan fingerprint density at radius 1 is 1.13 bits per heavy atom. The first-order valence-electron chi connectivity index (χ1n) is 6.92. The summed E-state index contributed by atoms with van der Waals surface area (Å²) >= 11 is 6.84. The highest BCUT2D eigenvalue weighted by Crippen LogP contribution is 2.34. The lowest BCUT2D eigenvalue weighted by atomic mass is 10.2. The lowest BCUT2D eigenvalue weighted by Gasteiger charge is -2.10. The highest BCUT2D eigenvalue weighted by atomic mass is 79.9. The summed E-state index contributed by atoms with van der Waals surface area (Å²) in [5.74, 6) is 0.265. The fourth-order valence-electron chi connectivity index (χ4n) is 1.83. The number of benzene rings is 2. The van der Waals surface area contributed by atoms with Gasteiger partial charge in [-0.2, -0.15) is 5.10 Å². The van der Waals surface area contributed by atoms with Crippen molar-refractivity contribution in [3.05, 3.63) is 62.0 Å². The molecule has 0 atom stereocenters. The van der Waals surface area contributed by atoms with Crippen LogP contribution < -0.4 is 10.2 Å². The number of rotatable bonds is 5. The molecule has 0 unspecified atom stereocenters. The number of carbonyl (C=O) groups excluding carboxylic acids is 1. The number of hydrogen-bond acceptors (Lipinski definition) is 3. The van der Waals surface area contributed by atoms with Gasteiger partial charge in [0, 0.05) is 0 Å². The molecule has 6 heteroatoms. The van der Waals surface area contributed by atoms with E-state index in [9.17, 15) is 4.79 Å². The molecule has 0 aromatic heterocycles. The quantitative estimate of drug-likeness (QED) is 0.555. The molecule has 2 aromatic carbocycles. The van der Waals surface area contributed by atoms with E-state index in [1.54, 1.807) is 6.21 Å². The van der Waals surface area contributed by atoms with Gasteiger partial charge >= 0.3 is 0 Å². The van der Waals surface area contributed by atoms with E-state index in [0.29, 0.717) is 5.75 Å². The Morgan fingerprint density at radius 2 is 1.74 bits per heavy atom. The van der Waals surface area contributed by atoms with Crippen LogP contribution in [0.5, 0.6) is 5.75 Å². The van der Waals surface area contributed by atoms with Gasteiger partial charge in [0.05, 0.1) is 15.2 Å². The average molecular weight is 440 g/mol. The summed E-state index contributed by atoms with van der Waals surface area (Å²) in [5, 5.41) is 3.91. The number of nitrogens with zero attached hydrogens (tertiary/aromatic N) is 1. The number of halogens is 2. The lowest BCUT2D eigenvalue weighted by molar-refractivity contribution is -0.123. The van der Waals surface area contributed by atoms with E-state index in [1.165, 1.54) is 5.56 Å². The number of nitrogens with one attached hydrogen (secondary N) is 1. The minimum Gasteiger partial charge on any atom is -0.481 e. The van der Waals surface area contributed by atoms with Gasteiger partial charge in [0.2, 0.25) is 0 Å². The summed E-state index contributed by atoms with van der Waals surface area (Å²) in [4.78, 5) is 11.8. The zero-order valence-corrected chi connectivity index (χ0v) is 15.9. The summed E-state index contributed by atoms with van der Waals surface area (Å²) in [6.07, 6.45) is 1.59. The first-order valence-corrected chi connectivity index (χ1v) is 8.51. The zero-order chi connectivity index (χ0) is 16.8. The minimum atomic E-state index is -0.326. The van der Waals surface area contributed by atoms with Crippen LogP contribution in [0.1, 0.15) is 16.7 Å². The Kier molecular flexibility index (Phi) is 6.36. The van der Waals surface area contributed by atoms with Crippen molar-refractivity contribution in [3.8, 4) is 5.75 Å². The zero-order valence-electron chi connectivity index (χ0n) is 12.8. The highest BCUT2D eigenvalue weighted by molar-refractivity contribution is 9.11. The molecule has 0 saturated heterocycles. The molecule has 1 N–H and O–H groups in total. The van der Waals surface area contributed by atoms with Crippen molar-refractivity contribution in [1.82, 2.24) is 5.43 Å². The number of aryl methyl sites for hydroxylation is 2. The molecule has 0 radical (unpaired) electrons.